The summed E-state index contributed by atoms with van der Waals surface area (Å²) < 4.78 is 11.3. The Kier molecular flexibility index (Phi) is 9.20. The standard InChI is InChI=1S/C34H29N3O9S2/c1-3-45-32(42)18-9-13-20(14-10-18)35-24(39)17-36-31-28(48-34(36)44)25(22-7-5-6-8-23(22)38)26-27(47-31)30(41)37(29(26)40)21-15-11-19(12-16-21)33(43)46-4-2/h5-16,25-27,38H,3-4,17H2,1-2H3,(H,35,39). The minimum atomic E-state index is -0.974. The van der Waals surface area contributed by atoms with Gasteiger partial charge in [-0.05, 0) is 68.4 Å². The summed E-state index contributed by atoms with van der Waals surface area (Å²) in [5, 5.41) is 13.0. The molecule has 3 amide bonds. The van der Waals surface area contributed by atoms with Crippen molar-refractivity contribution in [2.24, 2.45) is 5.92 Å². The van der Waals surface area contributed by atoms with E-state index in [9.17, 15) is 33.9 Å². The third kappa shape index (κ3) is 6.00. The van der Waals surface area contributed by atoms with Crippen LogP contribution in [0, 0.1) is 5.92 Å². The Morgan fingerprint density at radius 1 is 0.833 bits per heavy atom. The molecular weight excluding hydrogens is 659 g/mol. The van der Waals surface area contributed by atoms with Gasteiger partial charge in [-0.3, -0.25) is 23.7 Å². The van der Waals surface area contributed by atoms with Crippen LogP contribution in [0.5, 0.6) is 5.75 Å². The van der Waals surface area contributed by atoms with Crippen molar-refractivity contribution >= 4 is 64.1 Å². The molecule has 0 saturated carbocycles. The molecule has 1 fully saturated rings. The maximum absolute atomic E-state index is 14.1. The Morgan fingerprint density at radius 3 is 2.04 bits per heavy atom. The number of nitrogens with zero attached hydrogens (tertiary/aromatic N) is 2. The number of hydrogen-bond donors (Lipinski definition) is 2. The molecule has 1 saturated heterocycles. The van der Waals surface area contributed by atoms with Gasteiger partial charge >= 0.3 is 16.8 Å². The SMILES string of the molecule is CCOC(=O)c1ccc(NC(=O)Cn2c3c(sc2=O)C(c2ccccc2O)C2C(=O)N(c4ccc(C(=O)OCC)cc4)C(=O)C2S3)cc1. The number of anilines is 2. The van der Waals surface area contributed by atoms with Crippen molar-refractivity contribution in [2.75, 3.05) is 23.4 Å². The highest BCUT2D eigenvalue weighted by molar-refractivity contribution is 8.00. The van der Waals surface area contributed by atoms with E-state index < -0.39 is 51.6 Å². The highest BCUT2D eigenvalue weighted by Gasteiger charge is 2.57. The second-order valence-electron chi connectivity index (χ2n) is 10.8. The van der Waals surface area contributed by atoms with Crippen LogP contribution < -0.4 is 15.1 Å². The second kappa shape index (κ2) is 13.5. The molecule has 3 unspecified atom stereocenters. The molecule has 2 N–H and O–H groups in total. The first-order valence-corrected chi connectivity index (χ1v) is 16.7. The third-order valence-corrected chi connectivity index (χ3v) is 10.5. The number of para-hydroxylation sites is 1. The van der Waals surface area contributed by atoms with E-state index in [0.29, 0.717) is 26.7 Å². The Hall–Kier alpha value is -5.21. The van der Waals surface area contributed by atoms with E-state index in [4.69, 9.17) is 9.47 Å². The number of aromatic hydroxyl groups is 1. The molecule has 4 aromatic rings. The lowest BCUT2D eigenvalue weighted by Crippen LogP contribution is -2.33. The summed E-state index contributed by atoms with van der Waals surface area (Å²) in [7, 11) is 0. The minimum Gasteiger partial charge on any atom is -0.508 e. The van der Waals surface area contributed by atoms with Crippen LogP contribution in [0.3, 0.4) is 0 Å². The quantitative estimate of drug-likeness (QED) is 0.191. The maximum atomic E-state index is 14.1. The topological polar surface area (TPSA) is 161 Å². The number of phenols is 1. The number of esters is 2. The van der Waals surface area contributed by atoms with Crippen LogP contribution in [0.25, 0.3) is 0 Å². The van der Waals surface area contributed by atoms with Crippen LogP contribution in [0.1, 0.15) is 50.9 Å². The first-order valence-electron chi connectivity index (χ1n) is 15.0. The molecule has 3 atom stereocenters. The lowest BCUT2D eigenvalue weighted by Gasteiger charge is -2.31. The van der Waals surface area contributed by atoms with Crippen LogP contribution >= 0.6 is 23.1 Å². The maximum Gasteiger partial charge on any atom is 0.338 e. The monoisotopic (exact) mass is 687 g/mol. The zero-order valence-electron chi connectivity index (χ0n) is 25.7. The number of amides is 3. The largest absolute Gasteiger partial charge is 0.508 e. The molecule has 48 heavy (non-hydrogen) atoms. The summed E-state index contributed by atoms with van der Waals surface area (Å²) in [6.45, 7) is 3.42. The van der Waals surface area contributed by atoms with Gasteiger partial charge in [0, 0.05) is 22.0 Å². The first kappa shape index (κ1) is 32.7. The van der Waals surface area contributed by atoms with E-state index in [1.165, 1.54) is 47.0 Å². The number of thiazole rings is 1. The van der Waals surface area contributed by atoms with Crippen LogP contribution in [0.4, 0.5) is 11.4 Å². The lowest BCUT2D eigenvalue weighted by atomic mass is 9.82. The molecule has 14 heteroatoms. The molecule has 0 radical (unpaired) electrons. The molecule has 6 rings (SSSR count). The summed E-state index contributed by atoms with van der Waals surface area (Å²) >= 11 is 1.89. The number of thioether (sulfide) groups is 1. The van der Waals surface area contributed by atoms with Crippen LogP contribution in [0.2, 0.25) is 0 Å². The van der Waals surface area contributed by atoms with Crippen LogP contribution in [-0.2, 0) is 30.4 Å². The molecule has 0 spiro atoms. The van der Waals surface area contributed by atoms with Crippen LogP contribution in [-0.4, -0.2) is 57.8 Å². The van der Waals surface area contributed by atoms with E-state index in [2.05, 4.69) is 5.32 Å². The number of aromatic nitrogens is 1. The summed E-state index contributed by atoms with van der Waals surface area (Å²) in [6, 6.07) is 18.5. The number of carbonyl (C=O) groups is 5. The molecule has 2 aliphatic rings. The molecule has 246 valence electrons. The summed E-state index contributed by atoms with van der Waals surface area (Å²) in [5.41, 5.74) is 1.61. The van der Waals surface area contributed by atoms with Gasteiger partial charge in [0.1, 0.15) is 17.5 Å². The van der Waals surface area contributed by atoms with Crippen molar-refractivity contribution in [1.29, 1.82) is 0 Å². The average Bonchev–Trinajstić information content (AvgIpc) is 3.52. The molecule has 0 aliphatic carbocycles. The van der Waals surface area contributed by atoms with Crippen molar-refractivity contribution < 1.29 is 38.6 Å². The average molecular weight is 688 g/mol. The molecule has 0 bridgehead atoms. The number of hydrogen-bond acceptors (Lipinski definition) is 11. The molecular formula is C34H29N3O9S2. The van der Waals surface area contributed by atoms with Gasteiger partial charge in [-0.1, -0.05) is 41.3 Å². The molecule has 1 aromatic heterocycles. The minimum absolute atomic E-state index is 0.104. The summed E-state index contributed by atoms with van der Waals surface area (Å²) in [5.74, 6) is -4.52. The number of fused-ring (bicyclic) bond motifs is 2. The smallest absolute Gasteiger partial charge is 0.338 e. The van der Waals surface area contributed by atoms with Crippen LogP contribution in [0.15, 0.2) is 82.6 Å². The van der Waals surface area contributed by atoms with E-state index in [1.54, 1.807) is 44.2 Å². The van der Waals surface area contributed by atoms with Gasteiger partial charge in [-0.25, -0.2) is 14.5 Å². The zero-order chi connectivity index (χ0) is 34.1. The predicted octanol–water partition coefficient (Wildman–Crippen LogP) is 4.40. The number of ether oxygens (including phenoxy) is 2. The van der Waals surface area contributed by atoms with Gasteiger partial charge in [-0.15, -0.1) is 0 Å². The number of imide groups is 1. The van der Waals surface area contributed by atoms with Gasteiger partial charge in [0.25, 0.3) is 0 Å². The van der Waals surface area contributed by atoms with Crippen molar-refractivity contribution in [3.63, 3.8) is 0 Å². The number of benzene rings is 3. The Balaban J connectivity index is 1.32. The van der Waals surface area contributed by atoms with E-state index in [1.807, 2.05) is 0 Å². The fourth-order valence-corrected chi connectivity index (χ4v) is 8.57. The van der Waals surface area contributed by atoms with Crippen molar-refractivity contribution in [3.8, 4) is 5.75 Å². The van der Waals surface area contributed by atoms with Gasteiger partial charge in [-0.2, -0.15) is 0 Å². The number of carbonyl (C=O) groups excluding carboxylic acids is 5. The van der Waals surface area contributed by atoms with Gasteiger partial charge < -0.3 is 19.9 Å². The van der Waals surface area contributed by atoms with E-state index in [0.717, 1.165) is 28.0 Å². The lowest BCUT2D eigenvalue weighted by molar-refractivity contribution is -0.122. The van der Waals surface area contributed by atoms with Crippen molar-refractivity contribution in [2.45, 2.75) is 36.6 Å². The van der Waals surface area contributed by atoms with Crippen molar-refractivity contribution in [1.82, 2.24) is 4.57 Å². The highest BCUT2D eigenvalue weighted by Crippen LogP contribution is 2.55. The normalized spacial score (nSPS) is 18.2. The number of phenolic OH excluding ortho intramolecular Hbond substituents is 1. The van der Waals surface area contributed by atoms with Gasteiger partial charge in [0.15, 0.2) is 0 Å². The molecule has 12 nitrogen and oxygen atoms in total. The fraction of sp³-hybridized carbons (Fsp3) is 0.235. The van der Waals surface area contributed by atoms with Gasteiger partial charge in [0.2, 0.25) is 17.7 Å². The fourth-order valence-electron chi connectivity index (χ4n) is 5.80. The summed E-state index contributed by atoms with van der Waals surface area (Å²) in [6.07, 6.45) is 0. The Bertz CT molecular complexity index is 1990. The van der Waals surface area contributed by atoms with Crippen molar-refractivity contribution in [3.05, 3.63) is 104 Å². The Morgan fingerprint density at radius 2 is 1.44 bits per heavy atom. The predicted molar refractivity (Wildman–Crippen MR) is 178 cm³/mol. The number of rotatable bonds is 9. The third-order valence-electron chi connectivity index (χ3n) is 7.94. The number of nitrogens with one attached hydrogen (secondary N) is 1. The molecule has 2 aliphatic heterocycles. The van der Waals surface area contributed by atoms with E-state index >= 15 is 0 Å². The van der Waals surface area contributed by atoms with Gasteiger partial charge in [0.05, 0.1) is 41.0 Å². The molecule has 3 heterocycles. The zero-order valence-corrected chi connectivity index (χ0v) is 27.3. The first-order chi connectivity index (χ1) is 23.1. The highest BCUT2D eigenvalue weighted by atomic mass is 32.2. The molecule has 3 aromatic carbocycles. The second-order valence-corrected chi connectivity index (χ2v) is 13.0. The van der Waals surface area contributed by atoms with E-state index in [-0.39, 0.29) is 36.8 Å². The summed E-state index contributed by atoms with van der Waals surface area (Å²) in [4.78, 5) is 79.8. The Labute approximate surface area is 282 Å².